The minimum Gasteiger partial charge on any atom is -0.0998 e. The third-order valence-corrected chi connectivity index (χ3v) is 4.16. The average molecular weight is 236 g/mol. The molecule has 0 aliphatic heterocycles. The van der Waals surface area contributed by atoms with Crippen LogP contribution in [-0.4, -0.2) is 0 Å². The third-order valence-electron chi connectivity index (χ3n) is 4.16. The average Bonchev–Trinajstić information content (AvgIpc) is 2.97. The second-order valence-corrected chi connectivity index (χ2v) is 5.64. The van der Waals surface area contributed by atoms with E-state index in [2.05, 4.69) is 49.9 Å². The maximum Gasteiger partial charge on any atom is -0.0123 e. The van der Waals surface area contributed by atoms with Crippen molar-refractivity contribution in [2.45, 2.75) is 32.6 Å². The summed E-state index contributed by atoms with van der Waals surface area (Å²) in [5.41, 5.74) is 7.16. The number of hydrogen-bond acceptors (Lipinski definition) is 0. The van der Waals surface area contributed by atoms with Gasteiger partial charge in [0, 0.05) is 0 Å². The van der Waals surface area contributed by atoms with E-state index in [1.54, 1.807) is 5.57 Å². The van der Waals surface area contributed by atoms with E-state index in [0.29, 0.717) is 0 Å². The van der Waals surface area contributed by atoms with E-state index >= 15 is 0 Å². The Hall–Kier alpha value is -1.56. The first-order chi connectivity index (χ1) is 8.72. The zero-order valence-corrected chi connectivity index (χ0v) is 11.1. The molecule has 1 aromatic rings. The lowest BCUT2D eigenvalue weighted by molar-refractivity contribution is 0.640. The number of aryl methyl sites for hydroxylation is 1. The summed E-state index contributed by atoms with van der Waals surface area (Å²) in [6.07, 6.45) is 9.67. The molecule has 0 spiro atoms. The Morgan fingerprint density at radius 2 is 2.17 bits per heavy atom. The van der Waals surface area contributed by atoms with Gasteiger partial charge in [0.2, 0.25) is 0 Å². The lowest BCUT2D eigenvalue weighted by atomic mass is 9.96. The fraction of sp³-hybridized carbons (Fsp3) is 0.333. The summed E-state index contributed by atoms with van der Waals surface area (Å²) in [4.78, 5) is 0. The lowest BCUT2D eigenvalue weighted by Gasteiger charge is -2.09. The first kappa shape index (κ1) is 11.5. The van der Waals surface area contributed by atoms with Gasteiger partial charge in [-0.05, 0) is 49.7 Å². The fourth-order valence-electron chi connectivity index (χ4n) is 3.10. The molecule has 3 rings (SSSR count). The fourth-order valence-corrected chi connectivity index (χ4v) is 3.10. The highest BCUT2D eigenvalue weighted by Gasteiger charge is 2.23. The van der Waals surface area contributed by atoms with Crippen LogP contribution in [0.2, 0.25) is 0 Å². The Kier molecular flexibility index (Phi) is 2.95. The van der Waals surface area contributed by atoms with Crippen LogP contribution in [0.15, 0.2) is 54.1 Å². The molecule has 0 aromatic heterocycles. The van der Waals surface area contributed by atoms with Gasteiger partial charge in [-0.1, -0.05) is 59.7 Å². The largest absolute Gasteiger partial charge is 0.0998 e. The van der Waals surface area contributed by atoms with Crippen molar-refractivity contribution < 1.29 is 0 Å². The van der Waals surface area contributed by atoms with Crippen molar-refractivity contribution in [3.8, 4) is 0 Å². The smallest absolute Gasteiger partial charge is 0.0123 e. The summed E-state index contributed by atoms with van der Waals surface area (Å²) in [5, 5.41) is 0. The molecule has 0 heteroatoms. The minimum absolute atomic E-state index is 0.760. The molecule has 0 N–H and O–H groups in total. The first-order valence-corrected chi connectivity index (χ1v) is 6.87. The van der Waals surface area contributed by atoms with Crippen LogP contribution in [-0.2, 0) is 0 Å². The molecule has 1 aromatic carbocycles. The molecule has 0 bridgehead atoms. The molecule has 0 radical (unpaired) electrons. The van der Waals surface area contributed by atoms with Gasteiger partial charge in [-0.25, -0.2) is 0 Å². The molecule has 0 amide bonds. The van der Waals surface area contributed by atoms with Gasteiger partial charge in [-0.2, -0.15) is 0 Å². The molecule has 0 heterocycles. The van der Waals surface area contributed by atoms with Gasteiger partial charge in [0.05, 0.1) is 0 Å². The summed E-state index contributed by atoms with van der Waals surface area (Å²) in [6.45, 7) is 6.28. The molecule has 18 heavy (non-hydrogen) atoms. The van der Waals surface area contributed by atoms with Crippen LogP contribution in [0.25, 0.3) is 5.57 Å². The van der Waals surface area contributed by atoms with Gasteiger partial charge in [0.25, 0.3) is 0 Å². The zero-order valence-electron chi connectivity index (χ0n) is 11.1. The maximum atomic E-state index is 4.12. The highest BCUT2D eigenvalue weighted by molar-refractivity contribution is 5.78. The van der Waals surface area contributed by atoms with Crippen molar-refractivity contribution >= 4 is 5.57 Å². The molecule has 92 valence electrons. The van der Waals surface area contributed by atoms with Gasteiger partial charge in [-0.3, -0.25) is 0 Å². The van der Waals surface area contributed by atoms with Gasteiger partial charge in [-0.15, -0.1) is 0 Å². The SMILES string of the molecule is C=C1CCC(C2=CC(c3cccc(C)c3)=CC2)C1. The van der Waals surface area contributed by atoms with Crippen molar-refractivity contribution in [1.82, 2.24) is 0 Å². The topological polar surface area (TPSA) is 0 Å². The third kappa shape index (κ3) is 2.20. The predicted molar refractivity (Wildman–Crippen MR) is 78.3 cm³/mol. The standard InChI is InChI=1S/C18H20/c1-13-4-3-5-15(10-13)17-8-9-18(12-17)16-7-6-14(2)11-16/h3-5,8,10,12,16H,2,6-7,9,11H2,1H3. The van der Waals surface area contributed by atoms with E-state index in [9.17, 15) is 0 Å². The van der Waals surface area contributed by atoms with Crippen LogP contribution in [0.4, 0.5) is 0 Å². The summed E-state index contributed by atoms with van der Waals surface area (Å²) in [7, 11) is 0. The Morgan fingerprint density at radius 3 is 2.89 bits per heavy atom. The van der Waals surface area contributed by atoms with Crippen molar-refractivity contribution in [3.63, 3.8) is 0 Å². The molecule has 2 aliphatic rings. The van der Waals surface area contributed by atoms with Crippen LogP contribution < -0.4 is 0 Å². The van der Waals surface area contributed by atoms with E-state index in [4.69, 9.17) is 0 Å². The maximum absolute atomic E-state index is 4.12. The van der Waals surface area contributed by atoms with E-state index in [1.807, 2.05) is 0 Å². The highest BCUT2D eigenvalue weighted by atomic mass is 14.3. The summed E-state index contributed by atoms with van der Waals surface area (Å²) in [6, 6.07) is 8.80. The molecule has 1 atom stereocenters. The quantitative estimate of drug-likeness (QED) is 0.629. The lowest BCUT2D eigenvalue weighted by Crippen LogP contribution is -1.95. The van der Waals surface area contributed by atoms with Crippen LogP contribution in [0, 0.1) is 12.8 Å². The first-order valence-electron chi connectivity index (χ1n) is 6.87. The van der Waals surface area contributed by atoms with Crippen molar-refractivity contribution in [2.24, 2.45) is 5.92 Å². The van der Waals surface area contributed by atoms with Crippen molar-refractivity contribution in [3.05, 3.63) is 65.3 Å². The second kappa shape index (κ2) is 4.61. The number of hydrogen-bond donors (Lipinski definition) is 0. The van der Waals surface area contributed by atoms with Crippen LogP contribution in [0.1, 0.15) is 36.8 Å². The van der Waals surface area contributed by atoms with E-state index in [0.717, 1.165) is 12.3 Å². The Bertz CT molecular complexity index is 543. The summed E-state index contributed by atoms with van der Waals surface area (Å²) < 4.78 is 0. The Labute approximate surface area is 110 Å². The van der Waals surface area contributed by atoms with E-state index in [-0.39, 0.29) is 0 Å². The molecular weight excluding hydrogens is 216 g/mol. The number of allylic oxidation sites excluding steroid dienone is 5. The van der Waals surface area contributed by atoms with Crippen LogP contribution >= 0.6 is 0 Å². The van der Waals surface area contributed by atoms with E-state index in [1.165, 1.54) is 41.5 Å². The molecule has 1 saturated carbocycles. The van der Waals surface area contributed by atoms with Crippen LogP contribution in [0.3, 0.4) is 0 Å². The van der Waals surface area contributed by atoms with Crippen LogP contribution in [0.5, 0.6) is 0 Å². The predicted octanol–water partition coefficient (Wildman–Crippen LogP) is 5.06. The minimum atomic E-state index is 0.760. The highest BCUT2D eigenvalue weighted by Crippen LogP contribution is 2.40. The van der Waals surface area contributed by atoms with Gasteiger partial charge in [0.1, 0.15) is 0 Å². The molecular formula is C18H20. The van der Waals surface area contributed by atoms with Gasteiger partial charge >= 0.3 is 0 Å². The Balaban J connectivity index is 1.80. The molecule has 0 saturated heterocycles. The molecule has 1 unspecified atom stereocenters. The van der Waals surface area contributed by atoms with Gasteiger partial charge in [0.15, 0.2) is 0 Å². The zero-order chi connectivity index (χ0) is 12.5. The molecule has 1 fully saturated rings. The molecule has 0 nitrogen and oxygen atoms in total. The molecule has 2 aliphatic carbocycles. The monoisotopic (exact) mass is 236 g/mol. The normalized spacial score (nSPS) is 23.2. The summed E-state index contributed by atoms with van der Waals surface area (Å²) >= 11 is 0. The summed E-state index contributed by atoms with van der Waals surface area (Å²) in [5.74, 6) is 0.760. The van der Waals surface area contributed by atoms with Gasteiger partial charge < -0.3 is 0 Å². The number of rotatable bonds is 2. The number of benzene rings is 1. The second-order valence-electron chi connectivity index (χ2n) is 5.64. The Morgan fingerprint density at radius 1 is 1.28 bits per heavy atom. The van der Waals surface area contributed by atoms with E-state index < -0.39 is 0 Å². The van der Waals surface area contributed by atoms with Crippen molar-refractivity contribution in [1.29, 1.82) is 0 Å². The van der Waals surface area contributed by atoms with Crippen molar-refractivity contribution in [2.75, 3.05) is 0 Å².